The normalized spacial score (nSPS) is 12.8. The van der Waals surface area contributed by atoms with Crippen LogP contribution in [0.2, 0.25) is 0 Å². The van der Waals surface area contributed by atoms with E-state index in [-0.39, 0.29) is 11.9 Å². The zero-order valence-corrected chi connectivity index (χ0v) is 9.33. The highest BCUT2D eigenvalue weighted by Gasteiger charge is 2.16. The van der Waals surface area contributed by atoms with Crippen molar-refractivity contribution in [2.75, 3.05) is 0 Å². The minimum atomic E-state index is -0.337. The summed E-state index contributed by atoms with van der Waals surface area (Å²) in [4.78, 5) is 0. The highest BCUT2D eigenvalue weighted by Crippen LogP contribution is 2.26. The van der Waals surface area contributed by atoms with Gasteiger partial charge in [-0.2, -0.15) is 0 Å². The SMILES string of the molecule is Cc1cc(F)cc(C)c1C(N)c1ccco1. The van der Waals surface area contributed by atoms with Crippen LogP contribution in [0, 0.1) is 19.7 Å². The van der Waals surface area contributed by atoms with Gasteiger partial charge in [-0.15, -0.1) is 0 Å². The highest BCUT2D eigenvalue weighted by atomic mass is 19.1. The average molecular weight is 219 g/mol. The molecule has 1 atom stereocenters. The van der Waals surface area contributed by atoms with Gasteiger partial charge in [0.25, 0.3) is 0 Å². The minimum absolute atomic E-state index is 0.231. The molecule has 1 aromatic carbocycles. The summed E-state index contributed by atoms with van der Waals surface area (Å²) in [5.41, 5.74) is 8.72. The molecule has 0 saturated heterocycles. The first-order valence-electron chi connectivity index (χ1n) is 5.15. The summed E-state index contributed by atoms with van der Waals surface area (Å²) < 4.78 is 18.4. The molecule has 16 heavy (non-hydrogen) atoms. The summed E-state index contributed by atoms with van der Waals surface area (Å²) in [5, 5.41) is 0. The van der Waals surface area contributed by atoms with Crippen molar-refractivity contribution in [2.45, 2.75) is 19.9 Å². The first-order chi connectivity index (χ1) is 7.59. The quantitative estimate of drug-likeness (QED) is 0.843. The summed E-state index contributed by atoms with van der Waals surface area (Å²) in [6, 6.07) is 6.27. The van der Waals surface area contributed by atoms with Gasteiger partial charge in [-0.05, 0) is 54.8 Å². The maximum atomic E-state index is 13.1. The number of nitrogens with two attached hydrogens (primary N) is 1. The van der Waals surface area contributed by atoms with Gasteiger partial charge in [-0.3, -0.25) is 0 Å². The first-order valence-corrected chi connectivity index (χ1v) is 5.15. The fraction of sp³-hybridized carbons (Fsp3) is 0.231. The second-order valence-electron chi connectivity index (χ2n) is 3.95. The number of benzene rings is 1. The molecular formula is C13H14FNO. The van der Waals surface area contributed by atoms with Crippen LogP contribution in [0.25, 0.3) is 0 Å². The predicted molar refractivity (Wildman–Crippen MR) is 60.6 cm³/mol. The molecule has 2 N–H and O–H groups in total. The van der Waals surface area contributed by atoms with Crippen molar-refractivity contribution < 1.29 is 8.81 Å². The topological polar surface area (TPSA) is 39.2 Å². The second-order valence-corrected chi connectivity index (χ2v) is 3.95. The van der Waals surface area contributed by atoms with E-state index in [4.69, 9.17) is 10.2 Å². The molecule has 3 heteroatoms. The van der Waals surface area contributed by atoms with Crippen molar-refractivity contribution in [2.24, 2.45) is 5.73 Å². The molecule has 0 bridgehead atoms. The van der Waals surface area contributed by atoms with Gasteiger partial charge in [0.2, 0.25) is 0 Å². The molecule has 2 aromatic rings. The first kappa shape index (κ1) is 10.9. The van der Waals surface area contributed by atoms with Crippen molar-refractivity contribution in [3.05, 3.63) is 58.8 Å². The second kappa shape index (κ2) is 4.10. The van der Waals surface area contributed by atoms with Crippen LogP contribution in [0.15, 0.2) is 34.9 Å². The van der Waals surface area contributed by atoms with E-state index in [2.05, 4.69) is 0 Å². The Kier molecular flexibility index (Phi) is 2.79. The Balaban J connectivity index is 2.48. The Bertz CT molecular complexity index is 468. The Morgan fingerprint density at radius 1 is 1.25 bits per heavy atom. The summed E-state index contributed by atoms with van der Waals surface area (Å²) in [5.74, 6) is 0.461. The van der Waals surface area contributed by atoms with Gasteiger partial charge in [-0.25, -0.2) is 4.39 Å². The number of hydrogen-bond donors (Lipinski definition) is 1. The van der Waals surface area contributed by atoms with Gasteiger partial charge in [0.1, 0.15) is 11.6 Å². The van der Waals surface area contributed by atoms with Gasteiger partial charge in [0.05, 0.1) is 12.3 Å². The molecule has 1 unspecified atom stereocenters. The molecule has 2 nitrogen and oxygen atoms in total. The third-order valence-electron chi connectivity index (χ3n) is 2.72. The highest BCUT2D eigenvalue weighted by molar-refractivity contribution is 5.39. The van der Waals surface area contributed by atoms with Gasteiger partial charge >= 0.3 is 0 Å². The van der Waals surface area contributed by atoms with E-state index < -0.39 is 0 Å². The lowest BCUT2D eigenvalue weighted by molar-refractivity contribution is 0.488. The number of hydrogen-bond acceptors (Lipinski definition) is 2. The maximum absolute atomic E-state index is 13.1. The predicted octanol–water partition coefficient (Wildman–Crippen LogP) is 3.08. The number of furan rings is 1. The Morgan fingerprint density at radius 3 is 2.38 bits per heavy atom. The van der Waals surface area contributed by atoms with Crippen LogP contribution < -0.4 is 5.73 Å². The molecule has 0 saturated carbocycles. The zero-order chi connectivity index (χ0) is 11.7. The number of rotatable bonds is 2. The summed E-state index contributed by atoms with van der Waals surface area (Å²) in [6.07, 6.45) is 1.59. The molecule has 1 heterocycles. The van der Waals surface area contributed by atoms with Crippen molar-refractivity contribution in [1.82, 2.24) is 0 Å². The molecule has 2 rings (SSSR count). The Labute approximate surface area is 93.9 Å². The number of halogens is 1. The van der Waals surface area contributed by atoms with Gasteiger partial charge in [0, 0.05) is 0 Å². The average Bonchev–Trinajstić information content (AvgIpc) is 2.67. The largest absolute Gasteiger partial charge is 0.467 e. The van der Waals surface area contributed by atoms with E-state index in [1.165, 1.54) is 12.1 Å². The Hall–Kier alpha value is -1.61. The molecule has 0 aliphatic heterocycles. The van der Waals surface area contributed by atoms with E-state index in [0.717, 1.165) is 16.7 Å². The molecule has 0 aliphatic rings. The molecule has 0 radical (unpaired) electrons. The molecule has 1 aromatic heterocycles. The van der Waals surface area contributed by atoms with Crippen molar-refractivity contribution in [3.63, 3.8) is 0 Å². The number of aryl methyl sites for hydroxylation is 2. The van der Waals surface area contributed by atoms with Crippen LogP contribution in [0.4, 0.5) is 4.39 Å². The lowest BCUT2D eigenvalue weighted by Gasteiger charge is -2.15. The lowest BCUT2D eigenvalue weighted by atomic mass is 9.95. The molecule has 84 valence electrons. The minimum Gasteiger partial charge on any atom is -0.467 e. The summed E-state index contributed by atoms with van der Waals surface area (Å²) >= 11 is 0. The molecular weight excluding hydrogens is 205 g/mol. The lowest BCUT2D eigenvalue weighted by Crippen LogP contribution is -2.14. The Morgan fingerprint density at radius 2 is 1.88 bits per heavy atom. The summed E-state index contributed by atoms with van der Waals surface area (Å²) in [6.45, 7) is 3.71. The van der Waals surface area contributed by atoms with E-state index in [1.54, 1.807) is 12.3 Å². The van der Waals surface area contributed by atoms with Crippen LogP contribution >= 0.6 is 0 Å². The smallest absolute Gasteiger partial charge is 0.125 e. The molecule has 0 fully saturated rings. The van der Waals surface area contributed by atoms with Crippen LogP contribution in [-0.2, 0) is 0 Å². The standard InChI is InChI=1S/C13H14FNO/c1-8-6-10(14)7-9(2)12(8)13(15)11-4-3-5-16-11/h3-7,13H,15H2,1-2H3. The van der Waals surface area contributed by atoms with Crippen LogP contribution in [0.1, 0.15) is 28.5 Å². The van der Waals surface area contributed by atoms with Crippen molar-refractivity contribution in [1.29, 1.82) is 0 Å². The fourth-order valence-electron chi connectivity index (χ4n) is 2.02. The molecule has 0 spiro atoms. The van der Waals surface area contributed by atoms with Crippen LogP contribution in [0.3, 0.4) is 0 Å². The van der Waals surface area contributed by atoms with Crippen LogP contribution in [0.5, 0.6) is 0 Å². The van der Waals surface area contributed by atoms with Crippen molar-refractivity contribution in [3.8, 4) is 0 Å². The molecule has 0 amide bonds. The third-order valence-corrected chi connectivity index (χ3v) is 2.72. The van der Waals surface area contributed by atoms with Crippen LogP contribution in [-0.4, -0.2) is 0 Å². The van der Waals surface area contributed by atoms with E-state index in [1.807, 2.05) is 19.9 Å². The van der Waals surface area contributed by atoms with E-state index >= 15 is 0 Å². The maximum Gasteiger partial charge on any atom is 0.125 e. The fourth-order valence-corrected chi connectivity index (χ4v) is 2.02. The third kappa shape index (κ3) is 1.86. The van der Waals surface area contributed by atoms with Gasteiger partial charge in [0.15, 0.2) is 0 Å². The molecule has 0 aliphatic carbocycles. The van der Waals surface area contributed by atoms with E-state index in [9.17, 15) is 4.39 Å². The monoisotopic (exact) mass is 219 g/mol. The van der Waals surface area contributed by atoms with Gasteiger partial charge < -0.3 is 10.2 Å². The van der Waals surface area contributed by atoms with Gasteiger partial charge in [-0.1, -0.05) is 0 Å². The summed E-state index contributed by atoms with van der Waals surface area (Å²) in [7, 11) is 0. The zero-order valence-electron chi connectivity index (χ0n) is 9.33. The van der Waals surface area contributed by atoms with Crippen molar-refractivity contribution >= 4 is 0 Å². The van der Waals surface area contributed by atoms with E-state index in [0.29, 0.717) is 5.76 Å².